The molecular weight excluding hydrogens is 441 g/mol. The minimum absolute atomic E-state index is 0. The first-order valence-corrected chi connectivity index (χ1v) is 7.31. The second-order valence-corrected chi connectivity index (χ2v) is 4.89. The summed E-state index contributed by atoms with van der Waals surface area (Å²) in [5, 5.41) is 5.48. The highest BCUT2D eigenvalue weighted by Gasteiger charge is 2.26. The molecule has 0 aliphatic rings. The second kappa shape index (κ2) is 11.3. The van der Waals surface area contributed by atoms with Crippen molar-refractivity contribution in [2.75, 3.05) is 19.6 Å². The molecule has 0 saturated heterocycles. The predicted octanol–water partition coefficient (Wildman–Crippen LogP) is 3.72. The van der Waals surface area contributed by atoms with Gasteiger partial charge in [-0.25, -0.2) is 9.38 Å². The van der Waals surface area contributed by atoms with Gasteiger partial charge in [0.15, 0.2) is 5.96 Å². The lowest BCUT2D eigenvalue weighted by molar-refractivity contribution is -0.132. The third-order valence-corrected chi connectivity index (χ3v) is 2.70. The van der Waals surface area contributed by atoms with Gasteiger partial charge < -0.3 is 15.4 Å². The van der Waals surface area contributed by atoms with E-state index in [9.17, 15) is 17.6 Å². The molecule has 0 amide bonds. The molecule has 1 rings (SSSR count). The smallest absolute Gasteiger partial charge is 0.390 e. The number of guanidine groups is 1. The Kier molecular flexibility index (Phi) is 10.7. The zero-order valence-corrected chi connectivity index (χ0v) is 15.8. The highest BCUT2D eigenvalue weighted by Crippen LogP contribution is 2.18. The van der Waals surface area contributed by atoms with Gasteiger partial charge in [-0.2, -0.15) is 13.2 Å². The van der Waals surface area contributed by atoms with Crippen LogP contribution in [0.4, 0.5) is 17.6 Å². The molecular formula is C15H22F4IN3O. The zero-order chi connectivity index (χ0) is 17.3. The van der Waals surface area contributed by atoms with Crippen molar-refractivity contribution >= 4 is 29.9 Å². The molecule has 0 aliphatic heterocycles. The molecule has 1 atom stereocenters. The molecule has 0 spiro atoms. The summed E-state index contributed by atoms with van der Waals surface area (Å²) in [6.45, 7) is 4.12. The molecule has 1 aromatic carbocycles. The first kappa shape index (κ1) is 22.7. The summed E-state index contributed by atoms with van der Waals surface area (Å²) in [6.07, 6.45) is -5.44. The van der Waals surface area contributed by atoms with Crippen LogP contribution in [0.15, 0.2) is 29.3 Å². The van der Waals surface area contributed by atoms with Crippen molar-refractivity contribution in [3.63, 3.8) is 0 Å². The summed E-state index contributed by atoms with van der Waals surface area (Å²) in [7, 11) is 0. The van der Waals surface area contributed by atoms with Crippen LogP contribution in [-0.2, 0) is 0 Å². The Balaban J connectivity index is 0.00000529. The van der Waals surface area contributed by atoms with E-state index in [4.69, 9.17) is 4.74 Å². The average Bonchev–Trinajstić information content (AvgIpc) is 2.46. The fraction of sp³-hybridized carbons (Fsp3) is 0.533. The Labute approximate surface area is 156 Å². The van der Waals surface area contributed by atoms with Crippen LogP contribution in [-0.4, -0.2) is 37.9 Å². The van der Waals surface area contributed by atoms with E-state index >= 15 is 0 Å². The Bertz CT molecular complexity index is 494. The molecule has 0 radical (unpaired) electrons. The van der Waals surface area contributed by atoms with Gasteiger partial charge in [-0.15, -0.1) is 24.0 Å². The Morgan fingerprint density at radius 1 is 1.21 bits per heavy atom. The van der Waals surface area contributed by atoms with E-state index < -0.39 is 12.6 Å². The highest BCUT2D eigenvalue weighted by atomic mass is 127. The SMILES string of the molecule is CCNC(=NCC(C)Oc1ccc(F)cc1)NCCC(F)(F)F.I. The van der Waals surface area contributed by atoms with Crippen molar-refractivity contribution in [2.24, 2.45) is 4.99 Å². The van der Waals surface area contributed by atoms with Crippen LogP contribution in [0.1, 0.15) is 20.3 Å². The molecule has 0 heterocycles. The van der Waals surface area contributed by atoms with Crippen molar-refractivity contribution in [3.8, 4) is 5.75 Å². The molecule has 0 aliphatic carbocycles. The number of nitrogens with zero attached hydrogens (tertiary/aromatic N) is 1. The average molecular weight is 463 g/mol. The van der Waals surface area contributed by atoms with Crippen LogP contribution in [0.2, 0.25) is 0 Å². The number of ether oxygens (including phenoxy) is 1. The van der Waals surface area contributed by atoms with Crippen molar-refractivity contribution in [1.29, 1.82) is 0 Å². The van der Waals surface area contributed by atoms with E-state index in [1.165, 1.54) is 24.3 Å². The molecule has 9 heteroatoms. The van der Waals surface area contributed by atoms with Crippen molar-refractivity contribution in [2.45, 2.75) is 32.5 Å². The predicted molar refractivity (Wildman–Crippen MR) is 96.6 cm³/mol. The fourth-order valence-corrected chi connectivity index (χ4v) is 1.67. The molecule has 0 saturated carbocycles. The Morgan fingerprint density at radius 3 is 2.38 bits per heavy atom. The topological polar surface area (TPSA) is 45.7 Å². The number of alkyl halides is 3. The van der Waals surface area contributed by atoms with Crippen LogP contribution in [0.25, 0.3) is 0 Å². The lowest BCUT2D eigenvalue weighted by Gasteiger charge is -2.15. The number of benzene rings is 1. The minimum atomic E-state index is -4.21. The summed E-state index contributed by atoms with van der Waals surface area (Å²) in [6, 6.07) is 5.58. The van der Waals surface area contributed by atoms with E-state index in [0.29, 0.717) is 18.3 Å². The fourth-order valence-electron chi connectivity index (χ4n) is 1.67. The van der Waals surface area contributed by atoms with Crippen molar-refractivity contribution in [3.05, 3.63) is 30.1 Å². The number of aliphatic imine (C=N–C) groups is 1. The van der Waals surface area contributed by atoms with E-state index in [0.717, 1.165) is 0 Å². The number of nitrogens with one attached hydrogen (secondary N) is 2. The molecule has 138 valence electrons. The van der Waals surface area contributed by atoms with Gasteiger partial charge in [-0.05, 0) is 38.1 Å². The van der Waals surface area contributed by atoms with Gasteiger partial charge in [0.05, 0.1) is 13.0 Å². The summed E-state index contributed by atoms with van der Waals surface area (Å²) >= 11 is 0. The summed E-state index contributed by atoms with van der Waals surface area (Å²) in [5.41, 5.74) is 0. The third-order valence-electron chi connectivity index (χ3n) is 2.70. The minimum Gasteiger partial charge on any atom is -0.489 e. The molecule has 1 unspecified atom stereocenters. The second-order valence-electron chi connectivity index (χ2n) is 4.89. The molecule has 1 aromatic rings. The Morgan fingerprint density at radius 2 is 1.83 bits per heavy atom. The van der Waals surface area contributed by atoms with Gasteiger partial charge in [0.1, 0.15) is 17.7 Å². The van der Waals surface area contributed by atoms with Crippen LogP contribution in [0.3, 0.4) is 0 Å². The lowest BCUT2D eigenvalue weighted by Crippen LogP contribution is -2.39. The van der Waals surface area contributed by atoms with E-state index in [-0.39, 0.29) is 49.0 Å². The monoisotopic (exact) mass is 463 g/mol. The molecule has 0 fully saturated rings. The Hall–Kier alpha value is -1.26. The molecule has 0 bridgehead atoms. The number of rotatable bonds is 7. The van der Waals surface area contributed by atoms with Crippen LogP contribution in [0, 0.1) is 5.82 Å². The van der Waals surface area contributed by atoms with Crippen molar-refractivity contribution < 1.29 is 22.3 Å². The first-order valence-electron chi connectivity index (χ1n) is 7.31. The van der Waals surface area contributed by atoms with Gasteiger partial charge in [0.2, 0.25) is 0 Å². The quantitative estimate of drug-likeness (QED) is 0.281. The number of hydrogen-bond donors (Lipinski definition) is 2. The summed E-state index contributed by atoms with van der Waals surface area (Å²) < 4.78 is 54.7. The van der Waals surface area contributed by atoms with Gasteiger partial charge in [-0.1, -0.05) is 0 Å². The summed E-state index contributed by atoms with van der Waals surface area (Å²) in [4.78, 5) is 4.17. The normalized spacial score (nSPS) is 13.0. The maximum atomic E-state index is 12.8. The van der Waals surface area contributed by atoms with Gasteiger partial charge >= 0.3 is 6.18 Å². The molecule has 24 heavy (non-hydrogen) atoms. The van der Waals surface area contributed by atoms with E-state index in [2.05, 4.69) is 15.6 Å². The molecule has 2 N–H and O–H groups in total. The lowest BCUT2D eigenvalue weighted by atomic mass is 10.3. The summed E-state index contributed by atoms with van der Waals surface area (Å²) in [5.74, 6) is 0.446. The first-order chi connectivity index (χ1) is 10.8. The van der Waals surface area contributed by atoms with Crippen LogP contribution >= 0.6 is 24.0 Å². The van der Waals surface area contributed by atoms with Crippen LogP contribution in [0.5, 0.6) is 5.75 Å². The number of halogens is 5. The maximum Gasteiger partial charge on any atom is 0.390 e. The van der Waals surface area contributed by atoms with Crippen molar-refractivity contribution in [1.82, 2.24) is 10.6 Å². The van der Waals surface area contributed by atoms with Crippen LogP contribution < -0.4 is 15.4 Å². The zero-order valence-electron chi connectivity index (χ0n) is 13.5. The van der Waals surface area contributed by atoms with Gasteiger partial charge in [0, 0.05) is 13.1 Å². The maximum absolute atomic E-state index is 12.8. The highest BCUT2D eigenvalue weighted by molar-refractivity contribution is 14.0. The van der Waals surface area contributed by atoms with E-state index in [1.54, 1.807) is 6.92 Å². The van der Waals surface area contributed by atoms with E-state index in [1.807, 2.05) is 6.92 Å². The molecule has 0 aromatic heterocycles. The van der Waals surface area contributed by atoms with Gasteiger partial charge in [-0.3, -0.25) is 0 Å². The number of hydrogen-bond acceptors (Lipinski definition) is 2. The third kappa shape index (κ3) is 10.5. The standard InChI is InChI=1S/C15H21F4N3O.HI/c1-3-20-14(21-9-8-15(17,18)19)22-10-11(2)23-13-6-4-12(16)5-7-13;/h4-7,11H,3,8-10H2,1-2H3,(H2,20,21,22);1H. The molecule has 4 nitrogen and oxygen atoms in total. The van der Waals surface area contributed by atoms with Gasteiger partial charge in [0.25, 0.3) is 0 Å². The largest absolute Gasteiger partial charge is 0.489 e.